The number of nitrogens with zero attached hydrogens (tertiary/aromatic N) is 1. The predicted octanol–water partition coefficient (Wildman–Crippen LogP) is 2.40. The van der Waals surface area contributed by atoms with E-state index in [2.05, 4.69) is 5.32 Å². The van der Waals surface area contributed by atoms with Gasteiger partial charge in [0.05, 0.1) is 18.7 Å². The average molecular weight is 267 g/mol. The van der Waals surface area contributed by atoms with Crippen LogP contribution in [0.3, 0.4) is 0 Å². The van der Waals surface area contributed by atoms with Crippen molar-refractivity contribution in [2.45, 2.75) is 0 Å². The summed E-state index contributed by atoms with van der Waals surface area (Å²) < 4.78 is 5.14. The summed E-state index contributed by atoms with van der Waals surface area (Å²) >= 11 is 0. The molecule has 5 heteroatoms. The molecule has 0 radical (unpaired) electrons. The van der Waals surface area contributed by atoms with Crippen molar-refractivity contribution in [2.24, 2.45) is 0 Å². The fourth-order valence-electron chi connectivity index (χ4n) is 1.82. The predicted molar refractivity (Wildman–Crippen MR) is 76.5 cm³/mol. The van der Waals surface area contributed by atoms with Crippen LogP contribution in [0.15, 0.2) is 42.5 Å². The second kappa shape index (κ2) is 5.76. The van der Waals surface area contributed by atoms with Crippen LogP contribution < -0.4 is 15.8 Å². The number of nitrogens with two attached hydrogens (primary N) is 1. The third kappa shape index (κ3) is 2.70. The number of carbonyl (C=O) groups excluding carboxylic acids is 1. The number of benzene rings is 2. The summed E-state index contributed by atoms with van der Waals surface area (Å²) in [7, 11) is 1.47. The molecule has 0 atom stereocenters. The Kier molecular flexibility index (Phi) is 3.87. The lowest BCUT2D eigenvalue weighted by Gasteiger charge is -2.11. The number of amides is 1. The molecule has 100 valence electrons. The molecular weight excluding hydrogens is 254 g/mol. The maximum Gasteiger partial charge on any atom is 0.261 e. The van der Waals surface area contributed by atoms with Crippen molar-refractivity contribution in [1.82, 2.24) is 0 Å². The number of ether oxygens (including phenoxy) is 1. The molecule has 0 aliphatic rings. The van der Waals surface area contributed by atoms with E-state index in [4.69, 9.17) is 15.7 Å². The summed E-state index contributed by atoms with van der Waals surface area (Å²) in [4.78, 5) is 12.3. The number of nitrogen functional groups attached to an aromatic ring is 1. The van der Waals surface area contributed by atoms with Crippen molar-refractivity contribution in [3.05, 3.63) is 53.6 Å². The Morgan fingerprint density at radius 3 is 2.75 bits per heavy atom. The highest BCUT2D eigenvalue weighted by Gasteiger charge is 2.15. The first-order chi connectivity index (χ1) is 9.65. The maximum atomic E-state index is 12.3. The topological polar surface area (TPSA) is 88.1 Å². The van der Waals surface area contributed by atoms with Crippen LogP contribution in [0, 0.1) is 11.3 Å². The minimum absolute atomic E-state index is 0.275. The van der Waals surface area contributed by atoms with Crippen LogP contribution in [0.1, 0.15) is 15.9 Å². The Labute approximate surface area is 116 Å². The Balaban J connectivity index is 2.31. The molecule has 5 nitrogen and oxygen atoms in total. The highest BCUT2D eigenvalue weighted by molar-refractivity contribution is 6.09. The quantitative estimate of drug-likeness (QED) is 0.836. The largest absolute Gasteiger partial charge is 0.496 e. The minimum atomic E-state index is -0.380. The van der Waals surface area contributed by atoms with Crippen LogP contribution in [-0.2, 0) is 0 Å². The van der Waals surface area contributed by atoms with Crippen LogP contribution in [0.5, 0.6) is 5.75 Å². The van der Waals surface area contributed by atoms with E-state index in [0.717, 1.165) is 0 Å². The molecule has 0 aliphatic carbocycles. The summed E-state index contributed by atoms with van der Waals surface area (Å²) in [6.45, 7) is 0. The molecule has 0 aliphatic heterocycles. The minimum Gasteiger partial charge on any atom is -0.496 e. The van der Waals surface area contributed by atoms with Crippen LogP contribution >= 0.6 is 0 Å². The third-order valence-corrected chi connectivity index (χ3v) is 2.75. The van der Waals surface area contributed by atoms with Gasteiger partial charge < -0.3 is 15.8 Å². The van der Waals surface area contributed by atoms with Crippen LogP contribution in [0.25, 0.3) is 0 Å². The van der Waals surface area contributed by atoms with E-state index >= 15 is 0 Å². The molecule has 0 fully saturated rings. The monoisotopic (exact) mass is 267 g/mol. The summed E-state index contributed by atoms with van der Waals surface area (Å²) in [5, 5.41) is 11.5. The van der Waals surface area contributed by atoms with Crippen molar-refractivity contribution in [3.8, 4) is 11.8 Å². The molecule has 3 N–H and O–H groups in total. The van der Waals surface area contributed by atoms with Gasteiger partial charge in [-0.3, -0.25) is 4.79 Å². The van der Waals surface area contributed by atoms with Crippen molar-refractivity contribution >= 4 is 17.3 Å². The molecule has 1 amide bonds. The second-order valence-electron chi connectivity index (χ2n) is 4.07. The van der Waals surface area contributed by atoms with E-state index in [-0.39, 0.29) is 11.5 Å². The first-order valence-electron chi connectivity index (χ1n) is 5.89. The summed E-state index contributed by atoms with van der Waals surface area (Å²) in [6, 6.07) is 13.7. The lowest BCUT2D eigenvalue weighted by atomic mass is 10.1. The first-order valence-corrected chi connectivity index (χ1v) is 5.89. The average Bonchev–Trinajstić information content (AvgIpc) is 2.46. The molecule has 0 aromatic heterocycles. The van der Waals surface area contributed by atoms with Crippen molar-refractivity contribution in [3.63, 3.8) is 0 Å². The van der Waals surface area contributed by atoms with Gasteiger partial charge in [0.1, 0.15) is 11.3 Å². The molecule has 0 heterocycles. The van der Waals surface area contributed by atoms with Crippen molar-refractivity contribution in [2.75, 3.05) is 18.2 Å². The molecule has 0 spiro atoms. The van der Waals surface area contributed by atoms with E-state index in [9.17, 15) is 4.79 Å². The van der Waals surface area contributed by atoms with E-state index in [0.29, 0.717) is 22.7 Å². The van der Waals surface area contributed by atoms with Gasteiger partial charge in [-0.25, -0.2) is 0 Å². The van der Waals surface area contributed by atoms with Crippen LogP contribution in [0.4, 0.5) is 11.4 Å². The van der Waals surface area contributed by atoms with Gasteiger partial charge in [0.15, 0.2) is 0 Å². The smallest absolute Gasteiger partial charge is 0.261 e. The molecule has 2 aromatic rings. The zero-order chi connectivity index (χ0) is 14.5. The zero-order valence-corrected chi connectivity index (χ0v) is 10.9. The Bertz CT molecular complexity index is 690. The first kappa shape index (κ1) is 13.4. The highest BCUT2D eigenvalue weighted by Crippen LogP contribution is 2.25. The molecule has 0 bridgehead atoms. The van der Waals surface area contributed by atoms with Crippen molar-refractivity contribution < 1.29 is 9.53 Å². The Hall–Kier alpha value is -3.00. The number of carbonyl (C=O) groups is 1. The molecule has 0 saturated carbocycles. The number of anilines is 2. The molecule has 0 unspecified atom stereocenters. The molecule has 2 aromatic carbocycles. The van der Waals surface area contributed by atoms with Gasteiger partial charge in [-0.2, -0.15) is 5.26 Å². The van der Waals surface area contributed by atoms with E-state index in [1.165, 1.54) is 7.11 Å². The van der Waals surface area contributed by atoms with Crippen LogP contribution in [0.2, 0.25) is 0 Å². The summed E-state index contributed by atoms with van der Waals surface area (Å²) in [5.41, 5.74) is 7.42. The number of nitriles is 1. The number of methoxy groups -OCH3 is 1. The highest BCUT2D eigenvalue weighted by atomic mass is 16.5. The van der Waals surface area contributed by atoms with Gasteiger partial charge in [-0.05, 0) is 30.3 Å². The molecule has 0 saturated heterocycles. The van der Waals surface area contributed by atoms with Gasteiger partial charge in [0, 0.05) is 11.4 Å². The van der Waals surface area contributed by atoms with Gasteiger partial charge in [0.2, 0.25) is 0 Å². The molecule has 20 heavy (non-hydrogen) atoms. The fraction of sp³-hybridized carbons (Fsp3) is 0.0667. The Morgan fingerprint density at radius 2 is 2.05 bits per heavy atom. The third-order valence-electron chi connectivity index (χ3n) is 2.75. The van der Waals surface area contributed by atoms with Gasteiger partial charge in [-0.1, -0.05) is 12.1 Å². The standard InChI is InChI=1S/C15H13N3O2/c1-20-13-7-3-6-12(17)14(13)15(19)18-11-5-2-4-10(8-11)9-16/h2-8H,17H2,1H3,(H,18,19). The number of hydrogen-bond acceptors (Lipinski definition) is 4. The van der Waals surface area contributed by atoms with E-state index in [1.807, 2.05) is 6.07 Å². The lowest BCUT2D eigenvalue weighted by molar-refractivity contribution is 0.102. The van der Waals surface area contributed by atoms with E-state index in [1.54, 1.807) is 42.5 Å². The van der Waals surface area contributed by atoms with Gasteiger partial charge in [-0.15, -0.1) is 0 Å². The molecular formula is C15H13N3O2. The summed E-state index contributed by atoms with van der Waals surface area (Å²) in [5.74, 6) is 0.0222. The number of rotatable bonds is 3. The van der Waals surface area contributed by atoms with E-state index < -0.39 is 0 Å². The summed E-state index contributed by atoms with van der Waals surface area (Å²) in [6.07, 6.45) is 0. The zero-order valence-electron chi connectivity index (χ0n) is 10.9. The number of nitrogens with one attached hydrogen (secondary N) is 1. The fourth-order valence-corrected chi connectivity index (χ4v) is 1.82. The van der Waals surface area contributed by atoms with Crippen LogP contribution in [-0.4, -0.2) is 13.0 Å². The molecule has 2 rings (SSSR count). The van der Waals surface area contributed by atoms with Crippen molar-refractivity contribution in [1.29, 1.82) is 5.26 Å². The maximum absolute atomic E-state index is 12.3. The Morgan fingerprint density at radius 1 is 1.30 bits per heavy atom. The SMILES string of the molecule is COc1cccc(N)c1C(=O)Nc1cccc(C#N)c1. The lowest BCUT2D eigenvalue weighted by Crippen LogP contribution is -2.15. The number of hydrogen-bond donors (Lipinski definition) is 2. The van der Waals surface area contributed by atoms with Gasteiger partial charge in [0.25, 0.3) is 5.91 Å². The van der Waals surface area contributed by atoms with Gasteiger partial charge >= 0.3 is 0 Å². The normalized spacial score (nSPS) is 9.60. The second-order valence-corrected chi connectivity index (χ2v) is 4.07.